The van der Waals surface area contributed by atoms with Gasteiger partial charge in [0.25, 0.3) is 0 Å². The third-order valence-corrected chi connectivity index (χ3v) is 3.92. The van der Waals surface area contributed by atoms with E-state index in [-0.39, 0.29) is 0 Å². The Morgan fingerprint density at radius 2 is 1.29 bits per heavy atom. The first kappa shape index (κ1) is 28.0. The molecule has 0 heterocycles. The van der Waals surface area contributed by atoms with Gasteiger partial charge in [-0.25, -0.2) is 0 Å². The first-order valence-electron chi connectivity index (χ1n) is 10.3. The van der Waals surface area contributed by atoms with E-state index < -0.39 is 0 Å². The standard InChI is InChI=1S/C9H12.C7H16.C6H14.C2H6/c1-2-6-9-7-4-3-5-8-9;1-4-6-7(3)5-2;1-5-6(2,3)4;1-2/h3-5,7-8H,2,6H2,1H3;7H,4-6H2,1-3H3;5H2,1-4H3;1-2H3. The lowest BCUT2D eigenvalue weighted by Gasteiger charge is -2.12. The average Bonchev–Trinajstić information content (AvgIpc) is 2.58. The quantitative estimate of drug-likeness (QED) is 0.503. The van der Waals surface area contributed by atoms with Crippen molar-refractivity contribution in [3.63, 3.8) is 0 Å². The number of benzene rings is 1. The predicted octanol–water partition coefficient (Wildman–Crippen LogP) is 8.94. The summed E-state index contributed by atoms with van der Waals surface area (Å²) in [6.45, 7) is 21.9. The Morgan fingerprint density at radius 1 is 0.833 bits per heavy atom. The van der Waals surface area contributed by atoms with Crippen LogP contribution in [-0.4, -0.2) is 0 Å². The summed E-state index contributed by atoms with van der Waals surface area (Å²) in [5, 5.41) is 0. The lowest BCUT2D eigenvalue weighted by atomic mass is 9.94. The molecule has 0 amide bonds. The van der Waals surface area contributed by atoms with E-state index in [0.29, 0.717) is 5.41 Å². The number of hydrogen-bond donors (Lipinski definition) is 0. The number of rotatable bonds is 5. The van der Waals surface area contributed by atoms with Gasteiger partial charge in [0.2, 0.25) is 0 Å². The zero-order valence-corrected chi connectivity index (χ0v) is 18.7. The fraction of sp³-hybridized carbons (Fsp3) is 0.750. The van der Waals surface area contributed by atoms with Crippen LogP contribution in [0.5, 0.6) is 0 Å². The van der Waals surface area contributed by atoms with E-state index in [2.05, 4.69) is 85.7 Å². The summed E-state index contributed by atoms with van der Waals surface area (Å²) in [5.74, 6) is 0.949. The minimum Gasteiger partial charge on any atom is -0.0683 e. The molecule has 0 radical (unpaired) electrons. The molecule has 0 spiro atoms. The monoisotopic (exact) mass is 336 g/mol. The molecular weight excluding hydrogens is 288 g/mol. The Bertz CT molecular complexity index is 305. The fourth-order valence-corrected chi connectivity index (χ4v) is 1.63. The van der Waals surface area contributed by atoms with Gasteiger partial charge in [-0.1, -0.05) is 132 Å². The number of aryl methyl sites for hydroxylation is 1. The second-order valence-corrected chi connectivity index (χ2v) is 7.45. The minimum atomic E-state index is 0.542. The van der Waals surface area contributed by atoms with Crippen molar-refractivity contribution < 1.29 is 0 Å². The van der Waals surface area contributed by atoms with Crippen molar-refractivity contribution >= 4 is 0 Å². The van der Waals surface area contributed by atoms with Crippen LogP contribution >= 0.6 is 0 Å². The van der Waals surface area contributed by atoms with Crippen LogP contribution in [0.25, 0.3) is 0 Å². The van der Waals surface area contributed by atoms with Crippen molar-refractivity contribution in [2.75, 3.05) is 0 Å². The van der Waals surface area contributed by atoms with E-state index in [1.54, 1.807) is 0 Å². The van der Waals surface area contributed by atoms with Gasteiger partial charge in [0, 0.05) is 0 Å². The lowest BCUT2D eigenvalue weighted by Crippen LogP contribution is -2.00. The van der Waals surface area contributed by atoms with Crippen LogP contribution in [0.2, 0.25) is 0 Å². The fourth-order valence-electron chi connectivity index (χ4n) is 1.63. The van der Waals surface area contributed by atoms with E-state index in [9.17, 15) is 0 Å². The molecule has 0 N–H and O–H groups in total. The molecular formula is C24H48. The summed E-state index contributed by atoms with van der Waals surface area (Å²) in [6.07, 6.45) is 7.80. The summed E-state index contributed by atoms with van der Waals surface area (Å²) in [5.41, 5.74) is 1.99. The van der Waals surface area contributed by atoms with Crippen LogP contribution in [0.15, 0.2) is 30.3 Å². The molecule has 0 aromatic heterocycles. The first-order valence-corrected chi connectivity index (χ1v) is 10.3. The zero-order chi connectivity index (χ0) is 19.4. The molecule has 0 saturated heterocycles. The summed E-state index contributed by atoms with van der Waals surface area (Å²) < 4.78 is 0. The molecule has 0 heteroatoms. The molecule has 1 aromatic rings. The Balaban J connectivity index is -0.000000268. The van der Waals surface area contributed by atoms with Crippen molar-refractivity contribution in [3.05, 3.63) is 35.9 Å². The maximum Gasteiger partial charge on any atom is -0.0281 e. The minimum absolute atomic E-state index is 0.542. The topological polar surface area (TPSA) is 0 Å². The highest BCUT2D eigenvalue weighted by atomic mass is 14.1. The maximum absolute atomic E-state index is 2.31. The molecule has 144 valence electrons. The van der Waals surface area contributed by atoms with Crippen molar-refractivity contribution in [3.8, 4) is 0 Å². The first-order chi connectivity index (χ1) is 11.3. The smallest absolute Gasteiger partial charge is 0.0281 e. The number of hydrogen-bond acceptors (Lipinski definition) is 0. The van der Waals surface area contributed by atoms with Crippen LogP contribution in [-0.2, 0) is 6.42 Å². The van der Waals surface area contributed by atoms with Crippen molar-refractivity contribution in [1.82, 2.24) is 0 Å². The van der Waals surface area contributed by atoms with Crippen molar-refractivity contribution in [2.45, 2.75) is 108 Å². The lowest BCUT2D eigenvalue weighted by molar-refractivity contribution is 0.398. The average molecular weight is 337 g/mol. The SMILES string of the molecule is CC.CCC(C)(C)C.CCCC(C)CC.CCCc1ccccc1. The highest BCUT2D eigenvalue weighted by Gasteiger charge is 2.03. The normalized spacial score (nSPS) is 10.9. The summed E-state index contributed by atoms with van der Waals surface area (Å²) in [6, 6.07) is 10.6. The van der Waals surface area contributed by atoms with Crippen LogP contribution in [0.1, 0.15) is 107 Å². The molecule has 0 aliphatic heterocycles. The third kappa shape index (κ3) is 26.1. The predicted molar refractivity (Wildman–Crippen MR) is 116 cm³/mol. The van der Waals surface area contributed by atoms with Gasteiger partial charge < -0.3 is 0 Å². The third-order valence-electron chi connectivity index (χ3n) is 3.92. The highest BCUT2D eigenvalue weighted by molar-refractivity contribution is 5.14. The molecule has 0 nitrogen and oxygen atoms in total. The second kappa shape index (κ2) is 20.3. The van der Waals surface area contributed by atoms with Gasteiger partial charge in [-0.05, 0) is 23.3 Å². The van der Waals surface area contributed by atoms with Gasteiger partial charge in [0.05, 0.1) is 0 Å². The van der Waals surface area contributed by atoms with Crippen molar-refractivity contribution in [2.24, 2.45) is 11.3 Å². The summed E-state index contributed by atoms with van der Waals surface area (Å²) >= 11 is 0. The molecule has 0 bridgehead atoms. The molecule has 0 aliphatic carbocycles. The molecule has 1 atom stereocenters. The summed E-state index contributed by atoms with van der Waals surface area (Å²) in [7, 11) is 0. The molecule has 0 fully saturated rings. The Labute approximate surface area is 155 Å². The molecule has 0 saturated carbocycles. The zero-order valence-electron chi connectivity index (χ0n) is 18.7. The Morgan fingerprint density at radius 3 is 1.54 bits per heavy atom. The van der Waals surface area contributed by atoms with Gasteiger partial charge >= 0.3 is 0 Å². The van der Waals surface area contributed by atoms with Gasteiger partial charge in [-0.3, -0.25) is 0 Å². The van der Waals surface area contributed by atoms with E-state index >= 15 is 0 Å². The van der Waals surface area contributed by atoms with E-state index in [1.807, 2.05) is 13.8 Å². The van der Waals surface area contributed by atoms with Crippen LogP contribution in [0, 0.1) is 11.3 Å². The van der Waals surface area contributed by atoms with Crippen LogP contribution in [0.4, 0.5) is 0 Å². The van der Waals surface area contributed by atoms with E-state index in [4.69, 9.17) is 0 Å². The van der Waals surface area contributed by atoms with Crippen molar-refractivity contribution in [1.29, 1.82) is 0 Å². The van der Waals surface area contributed by atoms with Gasteiger partial charge in [0.1, 0.15) is 0 Å². The summed E-state index contributed by atoms with van der Waals surface area (Å²) in [4.78, 5) is 0. The van der Waals surface area contributed by atoms with Crippen LogP contribution in [0.3, 0.4) is 0 Å². The van der Waals surface area contributed by atoms with Crippen LogP contribution < -0.4 is 0 Å². The maximum atomic E-state index is 2.31. The Kier molecular flexibility index (Phi) is 23.7. The molecule has 1 rings (SSSR count). The van der Waals surface area contributed by atoms with E-state index in [0.717, 1.165) is 5.92 Å². The largest absolute Gasteiger partial charge is 0.0683 e. The molecule has 1 aromatic carbocycles. The second-order valence-electron chi connectivity index (χ2n) is 7.45. The molecule has 24 heavy (non-hydrogen) atoms. The highest BCUT2D eigenvalue weighted by Crippen LogP contribution is 2.16. The Hall–Kier alpha value is -0.780. The van der Waals surface area contributed by atoms with Gasteiger partial charge in [-0.15, -0.1) is 0 Å². The molecule has 0 aliphatic rings. The molecule has 1 unspecified atom stereocenters. The van der Waals surface area contributed by atoms with Gasteiger partial charge in [0.15, 0.2) is 0 Å². The van der Waals surface area contributed by atoms with E-state index in [1.165, 1.54) is 44.1 Å². The van der Waals surface area contributed by atoms with Gasteiger partial charge in [-0.2, -0.15) is 0 Å².